The number of thioether (sulfide) groups is 1. The van der Waals surface area contributed by atoms with Gasteiger partial charge in [-0.25, -0.2) is 0 Å². The Balaban J connectivity index is 1.29. The zero-order valence-corrected chi connectivity index (χ0v) is 20.2. The maximum absolute atomic E-state index is 12.8. The van der Waals surface area contributed by atoms with Gasteiger partial charge in [-0.05, 0) is 55.7 Å². The molecule has 33 heavy (non-hydrogen) atoms. The number of aromatic nitrogens is 3. The molecule has 5 rings (SSSR count). The predicted molar refractivity (Wildman–Crippen MR) is 129 cm³/mol. The largest absolute Gasteiger partial charge is 0.467 e. The Kier molecular flexibility index (Phi) is 6.42. The minimum atomic E-state index is -0.140. The smallest absolute Gasteiger partial charge is 0.235 e. The number of anilines is 2. The highest BCUT2D eigenvalue weighted by Gasteiger charge is 2.26. The van der Waals surface area contributed by atoms with E-state index in [0.29, 0.717) is 28.2 Å². The van der Waals surface area contributed by atoms with Crippen molar-refractivity contribution in [2.24, 2.45) is 5.92 Å². The minimum Gasteiger partial charge on any atom is -0.467 e. The van der Waals surface area contributed by atoms with Crippen LogP contribution in [0.5, 0.6) is 0 Å². The number of hydrogen-bond donors (Lipinski definition) is 1. The Morgan fingerprint density at radius 3 is 3.00 bits per heavy atom. The van der Waals surface area contributed by atoms with Crippen LogP contribution in [0.2, 0.25) is 0 Å². The van der Waals surface area contributed by atoms with Gasteiger partial charge in [0.05, 0.1) is 24.1 Å². The van der Waals surface area contributed by atoms with Crippen LogP contribution in [0, 0.1) is 17.2 Å². The third-order valence-electron chi connectivity index (χ3n) is 6.19. The molecule has 8 nitrogen and oxygen atoms in total. The second kappa shape index (κ2) is 9.61. The van der Waals surface area contributed by atoms with Crippen LogP contribution < -0.4 is 10.2 Å². The molecule has 0 aromatic carbocycles. The van der Waals surface area contributed by atoms with Gasteiger partial charge in [0, 0.05) is 18.0 Å². The molecule has 0 bridgehead atoms. The van der Waals surface area contributed by atoms with Crippen LogP contribution >= 0.6 is 23.1 Å². The van der Waals surface area contributed by atoms with Gasteiger partial charge >= 0.3 is 0 Å². The second-order valence-corrected chi connectivity index (χ2v) is 10.7. The Labute approximate surface area is 201 Å². The lowest BCUT2D eigenvalue weighted by Gasteiger charge is -2.17. The van der Waals surface area contributed by atoms with E-state index < -0.39 is 0 Å². The first-order valence-corrected chi connectivity index (χ1v) is 13.1. The van der Waals surface area contributed by atoms with Gasteiger partial charge in [0.1, 0.15) is 16.8 Å². The van der Waals surface area contributed by atoms with Crippen molar-refractivity contribution < 1.29 is 9.21 Å². The molecule has 3 aromatic heterocycles. The van der Waals surface area contributed by atoms with E-state index in [1.54, 1.807) is 17.6 Å². The fourth-order valence-corrected chi connectivity index (χ4v) is 6.60. The molecule has 4 heterocycles. The van der Waals surface area contributed by atoms with Crippen LogP contribution in [0.4, 0.5) is 10.9 Å². The third-order valence-corrected chi connectivity index (χ3v) is 8.33. The molecular weight excluding hydrogens is 456 g/mol. The van der Waals surface area contributed by atoms with Gasteiger partial charge in [-0.15, -0.1) is 21.5 Å². The molecule has 2 aliphatic rings. The zero-order chi connectivity index (χ0) is 22.8. The summed E-state index contributed by atoms with van der Waals surface area (Å²) in [7, 11) is 0. The molecule has 1 atom stereocenters. The highest BCUT2D eigenvalue weighted by atomic mass is 32.2. The van der Waals surface area contributed by atoms with E-state index in [0.717, 1.165) is 62.5 Å². The number of carbonyl (C=O) groups is 1. The number of rotatable bonds is 7. The van der Waals surface area contributed by atoms with E-state index in [4.69, 9.17) is 4.42 Å². The van der Waals surface area contributed by atoms with Gasteiger partial charge in [0.15, 0.2) is 5.16 Å². The molecule has 0 spiro atoms. The number of fused-ring (bicyclic) bond motifs is 1. The predicted octanol–water partition coefficient (Wildman–Crippen LogP) is 4.31. The summed E-state index contributed by atoms with van der Waals surface area (Å²) in [5.74, 6) is 2.31. The summed E-state index contributed by atoms with van der Waals surface area (Å²) in [6.45, 7) is 4.67. The SMILES string of the molecule is CC1CCc2c(sc(NC(=O)CSc3nnc(N4CCCC4)n3Cc3ccco3)c2C#N)C1. The van der Waals surface area contributed by atoms with E-state index in [9.17, 15) is 10.1 Å². The van der Waals surface area contributed by atoms with Gasteiger partial charge in [-0.3, -0.25) is 9.36 Å². The van der Waals surface area contributed by atoms with E-state index in [1.165, 1.54) is 16.6 Å². The molecule has 0 radical (unpaired) electrons. The maximum atomic E-state index is 12.8. The fourth-order valence-electron chi connectivity index (χ4n) is 4.49. The molecule has 1 fully saturated rings. The van der Waals surface area contributed by atoms with Gasteiger partial charge in [-0.1, -0.05) is 18.7 Å². The highest BCUT2D eigenvalue weighted by Crippen LogP contribution is 2.39. The normalized spacial score (nSPS) is 17.7. The molecular formula is C23H26N6O2S2. The quantitative estimate of drug-likeness (QED) is 0.501. The first-order chi connectivity index (χ1) is 16.1. The van der Waals surface area contributed by atoms with Crippen molar-refractivity contribution in [3.05, 3.63) is 40.2 Å². The van der Waals surface area contributed by atoms with Crippen LogP contribution in [0.25, 0.3) is 0 Å². The van der Waals surface area contributed by atoms with E-state index in [2.05, 4.69) is 33.4 Å². The zero-order valence-electron chi connectivity index (χ0n) is 18.5. The van der Waals surface area contributed by atoms with Crippen LogP contribution in [0.3, 0.4) is 0 Å². The van der Waals surface area contributed by atoms with Crippen molar-refractivity contribution in [1.82, 2.24) is 14.8 Å². The average Bonchev–Trinajstić information content (AvgIpc) is 3.59. The van der Waals surface area contributed by atoms with Gasteiger partial charge in [0.25, 0.3) is 0 Å². The Hall–Kier alpha value is -2.77. The summed E-state index contributed by atoms with van der Waals surface area (Å²) in [4.78, 5) is 16.3. The molecule has 1 N–H and O–H groups in total. The van der Waals surface area contributed by atoms with Crippen molar-refractivity contribution in [2.75, 3.05) is 29.1 Å². The number of furan rings is 1. The van der Waals surface area contributed by atoms with Crippen molar-refractivity contribution in [3.63, 3.8) is 0 Å². The molecule has 172 valence electrons. The Morgan fingerprint density at radius 2 is 2.24 bits per heavy atom. The lowest BCUT2D eigenvalue weighted by atomic mass is 9.89. The summed E-state index contributed by atoms with van der Waals surface area (Å²) in [5, 5.41) is 22.8. The third kappa shape index (κ3) is 4.66. The number of thiophene rings is 1. The Bertz CT molecular complexity index is 1170. The molecule has 3 aromatic rings. The molecule has 0 saturated carbocycles. The molecule has 1 saturated heterocycles. The fraction of sp³-hybridized carbons (Fsp3) is 0.478. The number of amides is 1. The number of nitrogens with one attached hydrogen (secondary N) is 1. The van der Waals surface area contributed by atoms with Crippen molar-refractivity contribution in [1.29, 1.82) is 5.26 Å². The van der Waals surface area contributed by atoms with Crippen molar-refractivity contribution in [2.45, 2.75) is 50.7 Å². The topological polar surface area (TPSA) is 100.0 Å². The van der Waals surface area contributed by atoms with Gasteiger partial charge in [-0.2, -0.15) is 5.26 Å². The lowest BCUT2D eigenvalue weighted by Crippen LogP contribution is -2.22. The number of nitriles is 1. The number of nitrogens with zero attached hydrogens (tertiary/aromatic N) is 5. The number of hydrogen-bond acceptors (Lipinski definition) is 8. The van der Waals surface area contributed by atoms with Gasteiger partial charge < -0.3 is 14.6 Å². The minimum absolute atomic E-state index is 0.140. The summed E-state index contributed by atoms with van der Waals surface area (Å²) in [6, 6.07) is 6.11. The summed E-state index contributed by atoms with van der Waals surface area (Å²) < 4.78 is 7.57. The van der Waals surface area contributed by atoms with Crippen molar-refractivity contribution in [3.8, 4) is 6.07 Å². The molecule has 1 unspecified atom stereocenters. The second-order valence-electron chi connectivity index (χ2n) is 8.65. The molecule has 1 amide bonds. The summed E-state index contributed by atoms with van der Waals surface area (Å²) in [5.41, 5.74) is 1.76. The van der Waals surface area contributed by atoms with Crippen LogP contribution in [-0.2, 0) is 24.2 Å². The van der Waals surface area contributed by atoms with Crippen LogP contribution in [0.1, 0.15) is 48.0 Å². The lowest BCUT2D eigenvalue weighted by molar-refractivity contribution is -0.113. The highest BCUT2D eigenvalue weighted by molar-refractivity contribution is 7.99. The van der Waals surface area contributed by atoms with E-state index in [-0.39, 0.29) is 11.7 Å². The average molecular weight is 483 g/mol. The van der Waals surface area contributed by atoms with Gasteiger partial charge in [0.2, 0.25) is 11.9 Å². The Morgan fingerprint density at radius 1 is 1.39 bits per heavy atom. The molecule has 1 aliphatic heterocycles. The van der Waals surface area contributed by atoms with Crippen LogP contribution in [0.15, 0.2) is 28.0 Å². The first-order valence-electron chi connectivity index (χ1n) is 11.3. The molecule has 10 heteroatoms. The summed E-state index contributed by atoms with van der Waals surface area (Å²) >= 11 is 2.91. The first kappa shape index (κ1) is 22.0. The monoisotopic (exact) mass is 482 g/mol. The van der Waals surface area contributed by atoms with E-state index in [1.807, 2.05) is 16.7 Å². The number of carbonyl (C=O) groups excluding carboxylic acids is 1. The van der Waals surface area contributed by atoms with E-state index >= 15 is 0 Å². The van der Waals surface area contributed by atoms with Crippen LogP contribution in [-0.4, -0.2) is 39.5 Å². The maximum Gasteiger partial charge on any atom is 0.235 e. The van der Waals surface area contributed by atoms with Crippen molar-refractivity contribution >= 4 is 40.0 Å². The standard InChI is InChI=1S/C23H26N6O2S2/c1-15-6-7-17-18(12-24)21(33-19(17)11-15)25-20(30)14-32-23-27-26-22(28-8-2-3-9-28)29(23)13-16-5-4-10-31-16/h4-5,10,15H,2-3,6-9,11,13-14H2,1H3,(H,25,30). The summed E-state index contributed by atoms with van der Waals surface area (Å²) in [6.07, 6.45) is 6.92. The molecule has 1 aliphatic carbocycles.